The van der Waals surface area contributed by atoms with Gasteiger partial charge in [0.15, 0.2) is 0 Å². The summed E-state index contributed by atoms with van der Waals surface area (Å²) in [6.07, 6.45) is 0. The van der Waals surface area contributed by atoms with Crippen LogP contribution in [0.15, 0.2) is 0 Å². The van der Waals surface area contributed by atoms with Crippen LogP contribution in [-0.2, 0) is 4.74 Å². The maximum atomic E-state index is 5.28. The summed E-state index contributed by atoms with van der Waals surface area (Å²) in [4.78, 5) is 4.81. The highest BCUT2D eigenvalue weighted by atomic mass is 16.5. The third kappa shape index (κ3) is 3.52. The van der Waals surface area contributed by atoms with Crippen LogP contribution in [-0.4, -0.2) is 62.8 Å². The summed E-state index contributed by atoms with van der Waals surface area (Å²) in [5, 5.41) is 0. The van der Waals surface area contributed by atoms with Crippen molar-refractivity contribution in [1.29, 1.82) is 0 Å². The van der Waals surface area contributed by atoms with Gasteiger partial charge in [-0.2, -0.15) is 0 Å². The normalized spacial score (nSPS) is 20.2. The Kier molecular flexibility index (Phi) is 4.58. The Labute approximate surface area is 75.3 Å². The molecule has 3 heteroatoms. The molecule has 1 aliphatic heterocycles. The average Bonchev–Trinajstić information content (AvgIpc) is 2.16. The minimum absolute atomic E-state index is 0.913. The first-order chi connectivity index (χ1) is 5.83. The van der Waals surface area contributed by atoms with Crippen LogP contribution in [0.3, 0.4) is 0 Å². The standard InChI is InChI=1S/C9H20N2O/c1-3-10(2)4-5-11-6-8-12-9-7-11/h3-9H2,1-2H3. The van der Waals surface area contributed by atoms with Crippen LogP contribution in [0.4, 0.5) is 0 Å². The molecule has 0 aromatic heterocycles. The van der Waals surface area contributed by atoms with Crippen molar-refractivity contribution in [3.63, 3.8) is 0 Å². The zero-order valence-corrected chi connectivity index (χ0v) is 8.25. The lowest BCUT2D eigenvalue weighted by atomic mass is 10.4. The summed E-state index contributed by atoms with van der Waals surface area (Å²) in [7, 11) is 2.17. The predicted octanol–water partition coefficient (Wildman–Crippen LogP) is 0.270. The smallest absolute Gasteiger partial charge is 0.0594 e. The maximum absolute atomic E-state index is 5.28. The zero-order valence-electron chi connectivity index (χ0n) is 8.25. The van der Waals surface area contributed by atoms with Crippen molar-refractivity contribution in [1.82, 2.24) is 9.80 Å². The molecular formula is C9H20N2O. The van der Waals surface area contributed by atoms with Crippen LogP contribution < -0.4 is 0 Å². The summed E-state index contributed by atoms with van der Waals surface area (Å²) in [6, 6.07) is 0. The zero-order chi connectivity index (χ0) is 8.81. The molecule has 0 aliphatic carbocycles. The van der Waals surface area contributed by atoms with Crippen molar-refractivity contribution in [3.8, 4) is 0 Å². The summed E-state index contributed by atoms with van der Waals surface area (Å²) >= 11 is 0. The van der Waals surface area contributed by atoms with E-state index >= 15 is 0 Å². The molecule has 1 heterocycles. The lowest BCUT2D eigenvalue weighted by molar-refractivity contribution is 0.0347. The highest BCUT2D eigenvalue weighted by molar-refractivity contribution is 4.63. The second-order valence-corrected chi connectivity index (χ2v) is 3.35. The fourth-order valence-corrected chi connectivity index (χ4v) is 1.30. The van der Waals surface area contributed by atoms with E-state index in [1.54, 1.807) is 0 Å². The SMILES string of the molecule is CCN(C)CCN1CCOCC1. The molecule has 1 fully saturated rings. The second-order valence-electron chi connectivity index (χ2n) is 3.35. The highest BCUT2D eigenvalue weighted by Gasteiger charge is 2.09. The fourth-order valence-electron chi connectivity index (χ4n) is 1.30. The van der Waals surface area contributed by atoms with Crippen molar-refractivity contribution in [2.75, 3.05) is 53.0 Å². The Hall–Kier alpha value is -0.120. The van der Waals surface area contributed by atoms with Crippen molar-refractivity contribution in [2.45, 2.75) is 6.92 Å². The molecule has 3 nitrogen and oxygen atoms in total. The van der Waals surface area contributed by atoms with Crippen LogP contribution >= 0.6 is 0 Å². The highest BCUT2D eigenvalue weighted by Crippen LogP contribution is 1.96. The number of nitrogens with zero attached hydrogens (tertiary/aromatic N) is 2. The van der Waals surface area contributed by atoms with Gasteiger partial charge in [0.2, 0.25) is 0 Å². The van der Waals surface area contributed by atoms with Crippen LogP contribution in [0.5, 0.6) is 0 Å². The third-order valence-electron chi connectivity index (χ3n) is 2.44. The summed E-state index contributed by atoms with van der Waals surface area (Å²) in [5.74, 6) is 0. The number of morpholine rings is 1. The molecule has 0 aromatic rings. The molecule has 0 aromatic carbocycles. The molecule has 1 aliphatic rings. The van der Waals surface area contributed by atoms with Gasteiger partial charge in [0.1, 0.15) is 0 Å². The molecule has 0 atom stereocenters. The molecule has 1 saturated heterocycles. The molecule has 72 valence electrons. The first-order valence-corrected chi connectivity index (χ1v) is 4.81. The van der Waals surface area contributed by atoms with Crippen molar-refractivity contribution in [2.24, 2.45) is 0 Å². The van der Waals surface area contributed by atoms with Crippen molar-refractivity contribution >= 4 is 0 Å². The van der Waals surface area contributed by atoms with Gasteiger partial charge < -0.3 is 9.64 Å². The van der Waals surface area contributed by atoms with E-state index < -0.39 is 0 Å². The van der Waals surface area contributed by atoms with Gasteiger partial charge in [-0.25, -0.2) is 0 Å². The number of hydrogen-bond acceptors (Lipinski definition) is 3. The van der Waals surface area contributed by atoms with E-state index in [9.17, 15) is 0 Å². The molecule has 12 heavy (non-hydrogen) atoms. The Morgan fingerprint density at radius 1 is 1.33 bits per heavy atom. The Balaban J connectivity index is 2.05. The van der Waals surface area contributed by atoms with Gasteiger partial charge >= 0.3 is 0 Å². The van der Waals surface area contributed by atoms with Crippen molar-refractivity contribution in [3.05, 3.63) is 0 Å². The van der Waals surface area contributed by atoms with Crippen molar-refractivity contribution < 1.29 is 4.74 Å². The first kappa shape index (κ1) is 9.96. The quantitative estimate of drug-likeness (QED) is 0.605. The Morgan fingerprint density at radius 2 is 2.00 bits per heavy atom. The van der Waals surface area contributed by atoms with E-state index in [1.807, 2.05) is 0 Å². The third-order valence-corrected chi connectivity index (χ3v) is 2.44. The molecule has 0 unspecified atom stereocenters. The minimum Gasteiger partial charge on any atom is -0.379 e. The summed E-state index contributed by atoms with van der Waals surface area (Å²) in [6.45, 7) is 9.74. The van der Waals surface area contributed by atoms with Gasteiger partial charge in [-0.05, 0) is 13.6 Å². The number of likely N-dealkylation sites (N-methyl/N-ethyl adjacent to an activating group) is 1. The van der Waals surface area contributed by atoms with E-state index in [4.69, 9.17) is 4.74 Å². The van der Waals surface area contributed by atoms with E-state index in [2.05, 4.69) is 23.8 Å². The fraction of sp³-hybridized carbons (Fsp3) is 1.00. The Bertz CT molecular complexity index is 113. The Morgan fingerprint density at radius 3 is 2.58 bits per heavy atom. The lowest BCUT2D eigenvalue weighted by Crippen LogP contribution is -2.40. The minimum atomic E-state index is 0.913. The number of ether oxygens (including phenoxy) is 1. The van der Waals surface area contributed by atoms with Gasteiger partial charge in [-0.15, -0.1) is 0 Å². The largest absolute Gasteiger partial charge is 0.379 e. The summed E-state index contributed by atoms with van der Waals surface area (Å²) in [5.41, 5.74) is 0. The molecule has 0 amide bonds. The van der Waals surface area contributed by atoms with E-state index in [-0.39, 0.29) is 0 Å². The van der Waals surface area contributed by atoms with E-state index in [1.165, 1.54) is 13.1 Å². The maximum Gasteiger partial charge on any atom is 0.0594 e. The van der Waals surface area contributed by atoms with E-state index in [0.29, 0.717) is 0 Å². The molecular weight excluding hydrogens is 152 g/mol. The molecule has 0 spiro atoms. The lowest BCUT2D eigenvalue weighted by Gasteiger charge is -2.28. The molecule has 0 bridgehead atoms. The number of hydrogen-bond donors (Lipinski definition) is 0. The first-order valence-electron chi connectivity index (χ1n) is 4.81. The van der Waals surface area contributed by atoms with Gasteiger partial charge in [-0.3, -0.25) is 4.90 Å². The topological polar surface area (TPSA) is 15.7 Å². The van der Waals surface area contributed by atoms with Gasteiger partial charge in [0.05, 0.1) is 13.2 Å². The number of rotatable bonds is 4. The van der Waals surface area contributed by atoms with Crippen LogP contribution in [0, 0.1) is 0 Å². The molecule has 0 N–H and O–H groups in total. The monoisotopic (exact) mass is 172 g/mol. The molecule has 0 saturated carbocycles. The molecule has 0 radical (unpaired) electrons. The average molecular weight is 172 g/mol. The summed E-state index contributed by atoms with van der Waals surface area (Å²) < 4.78 is 5.28. The van der Waals surface area contributed by atoms with Crippen LogP contribution in [0.2, 0.25) is 0 Å². The molecule has 1 rings (SSSR count). The van der Waals surface area contributed by atoms with E-state index in [0.717, 1.165) is 32.8 Å². The van der Waals surface area contributed by atoms with Gasteiger partial charge in [-0.1, -0.05) is 6.92 Å². The van der Waals surface area contributed by atoms with Gasteiger partial charge in [0.25, 0.3) is 0 Å². The van der Waals surface area contributed by atoms with Gasteiger partial charge in [0, 0.05) is 26.2 Å². The van der Waals surface area contributed by atoms with Crippen LogP contribution in [0.25, 0.3) is 0 Å². The predicted molar refractivity (Wildman–Crippen MR) is 50.4 cm³/mol. The second kappa shape index (κ2) is 5.51. The van der Waals surface area contributed by atoms with Crippen LogP contribution in [0.1, 0.15) is 6.92 Å².